The molecule has 1 aliphatic heterocycles. The third-order valence-electron chi connectivity index (χ3n) is 4.65. The Hall–Kier alpha value is -2.90. The average Bonchev–Trinajstić information content (AvgIpc) is 3.16. The molecule has 0 bridgehead atoms. The molecule has 3 nitrogen and oxygen atoms in total. The molecule has 0 aliphatic carbocycles. The minimum atomic E-state index is -0.486. The number of aliphatic imine (C=N–C) groups is 1. The van der Waals surface area contributed by atoms with Crippen molar-refractivity contribution in [2.75, 3.05) is 6.54 Å². The number of halogens is 1. The molecule has 1 unspecified atom stereocenters. The molecule has 0 amide bonds. The van der Waals surface area contributed by atoms with Gasteiger partial charge in [-0.2, -0.15) is 5.26 Å². The van der Waals surface area contributed by atoms with Crippen LogP contribution in [0.3, 0.4) is 0 Å². The maximum absolute atomic E-state index is 9.17. The van der Waals surface area contributed by atoms with Gasteiger partial charge < -0.3 is 5.32 Å². The Morgan fingerprint density at radius 2 is 1.65 bits per heavy atom. The number of hydrogen-bond donors (Lipinski definition) is 1. The third kappa shape index (κ3) is 2.91. The highest BCUT2D eigenvalue weighted by molar-refractivity contribution is 9.10. The Bertz CT molecular complexity index is 1000. The quantitative estimate of drug-likeness (QED) is 0.696. The van der Waals surface area contributed by atoms with Crippen LogP contribution in [0.5, 0.6) is 0 Å². The van der Waals surface area contributed by atoms with Crippen LogP contribution in [0.2, 0.25) is 0 Å². The second-order valence-electron chi connectivity index (χ2n) is 6.24. The van der Waals surface area contributed by atoms with Crippen LogP contribution in [-0.2, 0) is 5.54 Å². The first-order valence-corrected chi connectivity index (χ1v) is 9.16. The molecule has 0 saturated carbocycles. The minimum Gasteiger partial charge on any atom is -0.367 e. The van der Waals surface area contributed by atoms with E-state index in [4.69, 9.17) is 4.99 Å². The highest BCUT2D eigenvalue weighted by Gasteiger charge is 2.38. The fraction of sp³-hybridized carbons (Fsp3) is 0.0909. The number of rotatable bonds is 3. The number of benzene rings is 3. The lowest BCUT2D eigenvalue weighted by atomic mass is 9.84. The molecule has 1 heterocycles. The van der Waals surface area contributed by atoms with Crippen molar-refractivity contribution < 1.29 is 0 Å². The van der Waals surface area contributed by atoms with Gasteiger partial charge in [-0.15, -0.1) is 0 Å². The molecule has 4 rings (SSSR count). The number of nitrogens with one attached hydrogen (secondary N) is 1. The normalized spacial score (nSPS) is 18.7. The van der Waals surface area contributed by atoms with Crippen molar-refractivity contribution in [2.45, 2.75) is 5.54 Å². The lowest BCUT2D eigenvalue weighted by molar-refractivity contribution is 0.569. The second kappa shape index (κ2) is 6.78. The van der Waals surface area contributed by atoms with Gasteiger partial charge in [0.1, 0.15) is 11.4 Å². The summed E-state index contributed by atoms with van der Waals surface area (Å²) in [6.45, 7) is 0.671. The number of nitrogens with zero attached hydrogens (tertiary/aromatic N) is 2. The molecule has 3 aromatic carbocycles. The Morgan fingerprint density at radius 3 is 2.38 bits per heavy atom. The molecule has 3 aromatic rings. The molecular weight excluding hydrogens is 386 g/mol. The Kier molecular flexibility index (Phi) is 4.32. The van der Waals surface area contributed by atoms with Gasteiger partial charge in [0.25, 0.3) is 0 Å². The molecule has 0 fully saturated rings. The highest BCUT2D eigenvalue weighted by atomic mass is 79.9. The van der Waals surface area contributed by atoms with Crippen molar-refractivity contribution in [2.24, 2.45) is 4.99 Å². The van der Waals surface area contributed by atoms with Crippen LogP contribution >= 0.6 is 15.9 Å². The van der Waals surface area contributed by atoms with Crippen molar-refractivity contribution >= 4 is 21.8 Å². The van der Waals surface area contributed by atoms with Gasteiger partial charge in [-0.1, -0.05) is 70.5 Å². The van der Waals surface area contributed by atoms with Crippen molar-refractivity contribution in [1.29, 1.82) is 5.26 Å². The maximum Gasteiger partial charge on any atom is 0.130 e. The fourth-order valence-corrected chi connectivity index (χ4v) is 3.59. The van der Waals surface area contributed by atoms with E-state index in [0.29, 0.717) is 12.1 Å². The van der Waals surface area contributed by atoms with Gasteiger partial charge >= 0.3 is 0 Å². The minimum absolute atomic E-state index is 0.486. The lowest BCUT2D eigenvalue weighted by Crippen LogP contribution is -2.31. The number of nitriles is 1. The molecular formula is C22H16BrN3. The van der Waals surface area contributed by atoms with Crippen LogP contribution in [0, 0.1) is 11.3 Å². The zero-order valence-electron chi connectivity index (χ0n) is 14.0. The molecule has 26 heavy (non-hydrogen) atoms. The van der Waals surface area contributed by atoms with Gasteiger partial charge in [0.15, 0.2) is 0 Å². The maximum atomic E-state index is 9.17. The van der Waals surface area contributed by atoms with Crippen LogP contribution < -0.4 is 5.32 Å². The van der Waals surface area contributed by atoms with Crippen LogP contribution in [0.25, 0.3) is 0 Å². The number of hydrogen-bond acceptors (Lipinski definition) is 3. The highest BCUT2D eigenvalue weighted by Crippen LogP contribution is 2.37. The van der Waals surface area contributed by atoms with Gasteiger partial charge in [0.05, 0.1) is 11.6 Å². The van der Waals surface area contributed by atoms with Crippen molar-refractivity contribution in [1.82, 2.24) is 5.32 Å². The Labute approximate surface area is 161 Å². The van der Waals surface area contributed by atoms with E-state index < -0.39 is 5.54 Å². The van der Waals surface area contributed by atoms with Crippen LogP contribution in [0.4, 0.5) is 0 Å². The molecule has 1 N–H and O–H groups in total. The Morgan fingerprint density at radius 1 is 0.923 bits per heavy atom. The van der Waals surface area contributed by atoms with Gasteiger partial charge in [-0.3, -0.25) is 0 Å². The van der Waals surface area contributed by atoms with E-state index in [2.05, 4.69) is 51.6 Å². The number of amidine groups is 1. The van der Waals surface area contributed by atoms with E-state index in [1.807, 2.05) is 48.5 Å². The third-order valence-corrected chi connectivity index (χ3v) is 5.18. The molecule has 1 atom stereocenters. The zero-order valence-corrected chi connectivity index (χ0v) is 15.6. The predicted molar refractivity (Wildman–Crippen MR) is 107 cm³/mol. The summed E-state index contributed by atoms with van der Waals surface area (Å²) in [7, 11) is 0. The zero-order chi connectivity index (χ0) is 18.0. The predicted octanol–water partition coefficient (Wildman–Crippen LogP) is 4.61. The molecule has 0 radical (unpaired) electrons. The van der Waals surface area contributed by atoms with E-state index in [1.54, 1.807) is 6.07 Å². The molecule has 0 spiro atoms. The summed E-state index contributed by atoms with van der Waals surface area (Å²) in [4.78, 5) is 5.12. The summed E-state index contributed by atoms with van der Waals surface area (Å²) < 4.78 is 1.04. The molecule has 0 saturated heterocycles. The summed E-state index contributed by atoms with van der Waals surface area (Å²) in [5.41, 5.74) is 3.35. The first-order valence-electron chi connectivity index (χ1n) is 8.37. The fourth-order valence-electron chi connectivity index (χ4n) is 3.32. The first kappa shape index (κ1) is 16.6. The van der Waals surface area contributed by atoms with Crippen molar-refractivity contribution in [3.8, 4) is 6.07 Å². The second-order valence-corrected chi connectivity index (χ2v) is 7.16. The molecule has 4 heteroatoms. The first-order chi connectivity index (χ1) is 12.7. The topological polar surface area (TPSA) is 48.2 Å². The summed E-state index contributed by atoms with van der Waals surface area (Å²) >= 11 is 3.51. The van der Waals surface area contributed by atoms with Gasteiger partial charge in [-0.05, 0) is 35.4 Å². The van der Waals surface area contributed by atoms with E-state index >= 15 is 0 Å². The van der Waals surface area contributed by atoms with Crippen LogP contribution in [-0.4, -0.2) is 12.4 Å². The summed E-state index contributed by atoms with van der Waals surface area (Å²) in [5, 5.41) is 12.6. The monoisotopic (exact) mass is 401 g/mol. The average molecular weight is 402 g/mol. The van der Waals surface area contributed by atoms with E-state index in [1.165, 1.54) is 0 Å². The van der Waals surface area contributed by atoms with E-state index in [0.717, 1.165) is 27.0 Å². The smallest absolute Gasteiger partial charge is 0.130 e. The molecule has 1 aliphatic rings. The largest absolute Gasteiger partial charge is 0.367 e. The molecule has 126 valence electrons. The molecule has 0 aromatic heterocycles. The summed E-state index contributed by atoms with van der Waals surface area (Å²) in [5.74, 6) is 0.814. The SMILES string of the molecule is N#Cc1cccc(C2=NC(c3ccccc3)(c3ccc(Br)cc3)CN2)c1. The van der Waals surface area contributed by atoms with Crippen LogP contribution in [0.1, 0.15) is 22.3 Å². The lowest BCUT2D eigenvalue weighted by Gasteiger charge is -2.26. The Balaban J connectivity index is 1.86. The standard InChI is InChI=1S/C22H16BrN3/c23-20-11-9-19(10-12-20)22(18-7-2-1-3-8-18)15-25-21(26-22)17-6-4-5-16(13-17)14-24/h1-13H,15H2,(H,25,26). The van der Waals surface area contributed by atoms with Gasteiger partial charge in [-0.25, -0.2) is 4.99 Å². The van der Waals surface area contributed by atoms with Gasteiger partial charge in [0, 0.05) is 16.6 Å². The van der Waals surface area contributed by atoms with Crippen molar-refractivity contribution in [3.63, 3.8) is 0 Å². The van der Waals surface area contributed by atoms with Gasteiger partial charge in [0.2, 0.25) is 0 Å². The summed E-state index contributed by atoms with van der Waals surface area (Å²) in [6, 6.07) is 28.4. The van der Waals surface area contributed by atoms with E-state index in [-0.39, 0.29) is 0 Å². The van der Waals surface area contributed by atoms with Crippen molar-refractivity contribution in [3.05, 3.63) is 106 Å². The summed E-state index contributed by atoms with van der Waals surface area (Å²) in [6.07, 6.45) is 0. The van der Waals surface area contributed by atoms with Crippen LogP contribution in [0.15, 0.2) is 88.3 Å². The van der Waals surface area contributed by atoms with E-state index in [9.17, 15) is 5.26 Å².